The number of benzene rings is 2. The Morgan fingerprint density at radius 3 is 2.68 bits per heavy atom. The average Bonchev–Trinajstić information content (AvgIpc) is 3.12. The minimum atomic E-state index is -0.286. The van der Waals surface area contributed by atoms with E-state index in [0.717, 1.165) is 48.5 Å². The molecule has 1 aliphatic heterocycles. The van der Waals surface area contributed by atoms with Crippen molar-refractivity contribution in [2.24, 2.45) is 0 Å². The number of hydrogen-bond acceptors (Lipinski definition) is 4. The Morgan fingerprint density at radius 1 is 1.18 bits per heavy atom. The average molecular weight is 399 g/mol. The predicted molar refractivity (Wildman–Crippen MR) is 110 cm³/mol. The second kappa shape index (κ2) is 8.39. The fraction of sp³-hybridized carbons (Fsp3) is 0.318. The van der Waals surface area contributed by atoms with E-state index in [-0.39, 0.29) is 17.8 Å². The molecule has 1 amide bonds. The van der Waals surface area contributed by atoms with Crippen molar-refractivity contribution in [3.63, 3.8) is 0 Å². The molecule has 0 unspecified atom stereocenters. The van der Waals surface area contributed by atoms with E-state index in [4.69, 9.17) is 4.74 Å². The van der Waals surface area contributed by atoms with Crippen LogP contribution in [0, 0.1) is 12.7 Å². The summed E-state index contributed by atoms with van der Waals surface area (Å²) in [6.45, 7) is 5.95. The van der Waals surface area contributed by atoms with Crippen LogP contribution < -0.4 is 5.32 Å². The summed E-state index contributed by atoms with van der Waals surface area (Å²) in [4.78, 5) is 15.9. The van der Waals surface area contributed by atoms with Crippen LogP contribution in [-0.2, 0) is 4.74 Å². The van der Waals surface area contributed by atoms with Crippen molar-refractivity contribution >= 4 is 27.3 Å². The third-order valence-corrected chi connectivity index (χ3v) is 6.13. The highest BCUT2D eigenvalue weighted by atomic mass is 32.1. The quantitative estimate of drug-likeness (QED) is 0.702. The number of carbonyl (C=O) groups is 1. The van der Waals surface area contributed by atoms with Crippen LogP contribution in [0.25, 0.3) is 10.1 Å². The fourth-order valence-corrected chi connectivity index (χ4v) is 4.41. The van der Waals surface area contributed by atoms with E-state index < -0.39 is 0 Å². The van der Waals surface area contributed by atoms with Crippen LogP contribution in [0.3, 0.4) is 0 Å². The first-order chi connectivity index (χ1) is 13.6. The Bertz CT molecular complexity index is 964. The first kappa shape index (κ1) is 19.1. The van der Waals surface area contributed by atoms with E-state index in [1.165, 1.54) is 29.0 Å². The Kier molecular flexibility index (Phi) is 5.71. The zero-order valence-corrected chi connectivity index (χ0v) is 16.6. The van der Waals surface area contributed by atoms with Gasteiger partial charge in [-0.15, -0.1) is 11.3 Å². The molecule has 2 aromatic carbocycles. The standard InChI is InChI=1S/C22H23FN2O2S/c1-15-2-4-16(5-3-15)19(14-25-8-10-27-11-9-25)24-22(26)21-12-17-6-7-18(23)13-20(17)28-21/h2-7,12-13,19H,8-11,14H2,1H3,(H,24,26)/t19-/m0/s1. The number of ether oxygens (including phenoxy) is 1. The summed E-state index contributed by atoms with van der Waals surface area (Å²) in [6.07, 6.45) is 0. The van der Waals surface area contributed by atoms with Gasteiger partial charge in [-0.05, 0) is 36.1 Å². The van der Waals surface area contributed by atoms with Gasteiger partial charge in [-0.25, -0.2) is 4.39 Å². The van der Waals surface area contributed by atoms with Crippen molar-refractivity contribution in [2.45, 2.75) is 13.0 Å². The molecule has 1 aromatic heterocycles. The molecule has 1 fully saturated rings. The molecule has 4 rings (SSSR count). The molecule has 0 bridgehead atoms. The van der Waals surface area contributed by atoms with Crippen LogP contribution in [0.2, 0.25) is 0 Å². The molecule has 0 spiro atoms. The molecule has 28 heavy (non-hydrogen) atoms. The normalized spacial score (nSPS) is 16.2. The molecule has 0 saturated carbocycles. The van der Waals surface area contributed by atoms with E-state index in [1.54, 1.807) is 6.07 Å². The number of aryl methyl sites for hydroxylation is 1. The first-order valence-electron chi connectivity index (χ1n) is 9.45. The van der Waals surface area contributed by atoms with E-state index in [1.807, 2.05) is 6.07 Å². The SMILES string of the molecule is Cc1ccc([C@H](CN2CCOCC2)NC(=O)c2cc3ccc(F)cc3s2)cc1. The maximum atomic E-state index is 13.5. The van der Waals surface area contributed by atoms with E-state index in [9.17, 15) is 9.18 Å². The summed E-state index contributed by atoms with van der Waals surface area (Å²) in [5.41, 5.74) is 2.27. The number of hydrogen-bond donors (Lipinski definition) is 1. The second-order valence-electron chi connectivity index (χ2n) is 7.14. The van der Waals surface area contributed by atoms with Gasteiger partial charge >= 0.3 is 0 Å². The van der Waals surface area contributed by atoms with Crippen molar-refractivity contribution < 1.29 is 13.9 Å². The molecule has 1 atom stereocenters. The Labute approximate surface area is 167 Å². The summed E-state index contributed by atoms with van der Waals surface area (Å²) in [5, 5.41) is 4.07. The van der Waals surface area contributed by atoms with E-state index in [0.29, 0.717) is 4.88 Å². The zero-order valence-electron chi connectivity index (χ0n) is 15.8. The minimum absolute atomic E-state index is 0.117. The van der Waals surface area contributed by atoms with Crippen molar-refractivity contribution in [2.75, 3.05) is 32.8 Å². The number of thiophene rings is 1. The molecule has 1 aliphatic rings. The first-order valence-corrected chi connectivity index (χ1v) is 10.3. The lowest BCUT2D eigenvalue weighted by Gasteiger charge is -2.31. The van der Waals surface area contributed by atoms with Gasteiger partial charge in [0.25, 0.3) is 5.91 Å². The van der Waals surface area contributed by atoms with Gasteiger partial charge in [0.1, 0.15) is 5.82 Å². The van der Waals surface area contributed by atoms with E-state index >= 15 is 0 Å². The van der Waals surface area contributed by atoms with Crippen LogP contribution in [0.15, 0.2) is 48.5 Å². The van der Waals surface area contributed by atoms with Gasteiger partial charge in [0.15, 0.2) is 0 Å². The van der Waals surface area contributed by atoms with Crippen LogP contribution in [0.5, 0.6) is 0 Å². The maximum Gasteiger partial charge on any atom is 0.261 e. The highest BCUT2D eigenvalue weighted by Gasteiger charge is 2.21. The lowest BCUT2D eigenvalue weighted by atomic mass is 10.0. The van der Waals surface area contributed by atoms with Crippen molar-refractivity contribution in [3.8, 4) is 0 Å². The Hall–Kier alpha value is -2.28. The van der Waals surface area contributed by atoms with Gasteiger partial charge in [-0.3, -0.25) is 9.69 Å². The van der Waals surface area contributed by atoms with Gasteiger partial charge in [0.05, 0.1) is 24.1 Å². The molecule has 1 N–H and O–H groups in total. The van der Waals surface area contributed by atoms with Crippen LogP contribution >= 0.6 is 11.3 Å². The van der Waals surface area contributed by atoms with Crippen molar-refractivity contribution in [1.82, 2.24) is 10.2 Å². The topological polar surface area (TPSA) is 41.6 Å². The molecule has 4 nitrogen and oxygen atoms in total. The van der Waals surface area contributed by atoms with E-state index in [2.05, 4.69) is 41.4 Å². The summed E-state index contributed by atoms with van der Waals surface area (Å²) < 4.78 is 19.7. The van der Waals surface area contributed by atoms with Gasteiger partial charge < -0.3 is 10.1 Å². The van der Waals surface area contributed by atoms with Crippen molar-refractivity contribution in [1.29, 1.82) is 0 Å². The van der Waals surface area contributed by atoms with Crippen LogP contribution in [-0.4, -0.2) is 43.7 Å². The number of nitrogens with zero attached hydrogens (tertiary/aromatic N) is 1. The fourth-order valence-electron chi connectivity index (χ4n) is 3.42. The molecule has 6 heteroatoms. The summed E-state index contributed by atoms with van der Waals surface area (Å²) >= 11 is 1.32. The number of nitrogens with one attached hydrogen (secondary N) is 1. The summed E-state index contributed by atoms with van der Waals surface area (Å²) in [7, 11) is 0. The number of halogens is 1. The van der Waals surface area contributed by atoms with Crippen LogP contribution in [0.1, 0.15) is 26.8 Å². The molecule has 2 heterocycles. The van der Waals surface area contributed by atoms with Gasteiger partial charge in [-0.2, -0.15) is 0 Å². The Morgan fingerprint density at radius 2 is 1.93 bits per heavy atom. The summed E-state index contributed by atoms with van der Waals surface area (Å²) in [5.74, 6) is -0.411. The third kappa shape index (κ3) is 4.41. The third-order valence-electron chi connectivity index (χ3n) is 5.04. The van der Waals surface area contributed by atoms with Crippen molar-refractivity contribution in [3.05, 3.63) is 70.4 Å². The number of rotatable bonds is 5. The second-order valence-corrected chi connectivity index (χ2v) is 8.23. The largest absolute Gasteiger partial charge is 0.379 e. The highest BCUT2D eigenvalue weighted by Crippen LogP contribution is 2.27. The number of carbonyl (C=O) groups excluding carboxylic acids is 1. The molecule has 146 valence electrons. The molecule has 3 aromatic rings. The molecule has 1 saturated heterocycles. The minimum Gasteiger partial charge on any atom is -0.379 e. The molecular formula is C22H23FN2O2S. The maximum absolute atomic E-state index is 13.5. The predicted octanol–water partition coefficient (Wildman–Crippen LogP) is 4.15. The molecule has 0 radical (unpaired) electrons. The smallest absolute Gasteiger partial charge is 0.261 e. The van der Waals surface area contributed by atoms with Crippen LogP contribution in [0.4, 0.5) is 4.39 Å². The lowest BCUT2D eigenvalue weighted by Crippen LogP contribution is -2.43. The number of morpholine rings is 1. The monoisotopic (exact) mass is 398 g/mol. The van der Waals surface area contributed by atoms with Gasteiger partial charge in [0, 0.05) is 24.3 Å². The Balaban J connectivity index is 1.55. The lowest BCUT2D eigenvalue weighted by molar-refractivity contribution is 0.0332. The number of amides is 1. The van der Waals surface area contributed by atoms with Gasteiger partial charge in [0.2, 0.25) is 0 Å². The zero-order chi connectivity index (χ0) is 19.5. The molecule has 0 aliphatic carbocycles. The summed E-state index contributed by atoms with van der Waals surface area (Å²) in [6, 6.07) is 14.6. The molecular weight excluding hydrogens is 375 g/mol. The number of fused-ring (bicyclic) bond motifs is 1. The van der Waals surface area contributed by atoms with Gasteiger partial charge in [-0.1, -0.05) is 35.9 Å². The highest BCUT2D eigenvalue weighted by molar-refractivity contribution is 7.20.